The number of carboxylic acids is 1. The number of carbonyl (C=O) groups is 2. The zero-order valence-corrected chi connectivity index (χ0v) is 6.62. The van der Waals surface area contributed by atoms with Crippen LogP contribution < -0.4 is 5.32 Å². The van der Waals surface area contributed by atoms with Crippen LogP contribution in [0.4, 0.5) is 0 Å². The van der Waals surface area contributed by atoms with Crippen molar-refractivity contribution in [2.75, 3.05) is 6.54 Å². The minimum atomic E-state index is -0.744. The standard InChI is InChI=1S/C8H11NO3/c10-7-5-3-6(8(11)12)4(5)1-2-9-7/h4-6H,1-3H2,(H,9,10)(H,11,12). The molecule has 66 valence electrons. The first kappa shape index (κ1) is 7.58. The predicted octanol–water partition coefficient (Wildman–Crippen LogP) is -0.157. The van der Waals surface area contributed by atoms with Crippen LogP contribution in [0.5, 0.6) is 0 Å². The van der Waals surface area contributed by atoms with Crippen LogP contribution in [-0.4, -0.2) is 23.5 Å². The summed E-state index contributed by atoms with van der Waals surface area (Å²) in [6.07, 6.45) is 1.36. The Morgan fingerprint density at radius 1 is 1.58 bits per heavy atom. The van der Waals surface area contributed by atoms with Crippen LogP contribution in [0.3, 0.4) is 0 Å². The minimum absolute atomic E-state index is 0.0140. The molecule has 1 aliphatic carbocycles. The van der Waals surface area contributed by atoms with E-state index in [4.69, 9.17) is 5.11 Å². The summed E-state index contributed by atoms with van der Waals surface area (Å²) in [6.45, 7) is 0.643. The van der Waals surface area contributed by atoms with Crippen molar-refractivity contribution in [1.29, 1.82) is 0 Å². The van der Waals surface area contributed by atoms with Gasteiger partial charge in [-0.2, -0.15) is 0 Å². The zero-order valence-electron chi connectivity index (χ0n) is 6.62. The van der Waals surface area contributed by atoms with Gasteiger partial charge in [0.1, 0.15) is 0 Å². The number of fused-ring (bicyclic) bond motifs is 1. The molecule has 0 bridgehead atoms. The lowest BCUT2D eigenvalue weighted by Crippen LogP contribution is -2.54. The largest absolute Gasteiger partial charge is 0.481 e. The Labute approximate surface area is 69.9 Å². The maximum Gasteiger partial charge on any atom is 0.306 e. The summed E-state index contributed by atoms with van der Waals surface area (Å²) in [5.41, 5.74) is 0. The van der Waals surface area contributed by atoms with E-state index in [1.54, 1.807) is 0 Å². The molecule has 1 saturated carbocycles. The van der Waals surface area contributed by atoms with E-state index in [1.165, 1.54) is 0 Å². The van der Waals surface area contributed by atoms with E-state index < -0.39 is 5.97 Å². The van der Waals surface area contributed by atoms with Crippen molar-refractivity contribution in [2.45, 2.75) is 12.8 Å². The number of piperidine rings is 1. The van der Waals surface area contributed by atoms with Gasteiger partial charge in [-0.15, -0.1) is 0 Å². The number of hydrogen-bond acceptors (Lipinski definition) is 2. The summed E-state index contributed by atoms with van der Waals surface area (Å²) in [5, 5.41) is 11.5. The molecule has 2 N–H and O–H groups in total. The van der Waals surface area contributed by atoms with E-state index in [-0.39, 0.29) is 23.7 Å². The number of carboxylic acid groups (broad SMARTS) is 1. The van der Waals surface area contributed by atoms with E-state index in [0.29, 0.717) is 13.0 Å². The number of carbonyl (C=O) groups excluding carboxylic acids is 1. The summed E-state index contributed by atoms with van der Waals surface area (Å²) in [6, 6.07) is 0. The highest BCUT2D eigenvalue weighted by molar-refractivity contribution is 5.84. The molecule has 3 atom stereocenters. The summed E-state index contributed by atoms with van der Waals surface area (Å²) in [5.74, 6) is -0.869. The third-order valence-electron chi connectivity index (χ3n) is 2.97. The van der Waals surface area contributed by atoms with E-state index in [9.17, 15) is 9.59 Å². The van der Waals surface area contributed by atoms with E-state index in [0.717, 1.165) is 6.42 Å². The summed E-state index contributed by atoms with van der Waals surface area (Å²) >= 11 is 0. The summed E-state index contributed by atoms with van der Waals surface area (Å²) in [7, 11) is 0. The van der Waals surface area contributed by atoms with Gasteiger partial charge < -0.3 is 10.4 Å². The Morgan fingerprint density at radius 3 is 3.00 bits per heavy atom. The number of rotatable bonds is 1. The van der Waals surface area contributed by atoms with Crippen LogP contribution >= 0.6 is 0 Å². The van der Waals surface area contributed by atoms with Crippen LogP contribution in [0, 0.1) is 17.8 Å². The molecule has 1 saturated heterocycles. The van der Waals surface area contributed by atoms with Crippen LogP contribution in [0.2, 0.25) is 0 Å². The predicted molar refractivity (Wildman–Crippen MR) is 40.3 cm³/mol. The molecule has 0 aromatic rings. The number of aliphatic carboxylic acids is 1. The lowest BCUT2D eigenvalue weighted by molar-refractivity contribution is -0.157. The van der Waals surface area contributed by atoms with Gasteiger partial charge in [0.05, 0.1) is 5.92 Å². The van der Waals surface area contributed by atoms with Gasteiger partial charge in [0.15, 0.2) is 0 Å². The Morgan fingerprint density at radius 2 is 2.33 bits per heavy atom. The SMILES string of the molecule is O=C(O)C1CC2C(=O)NCCC12. The van der Waals surface area contributed by atoms with Gasteiger partial charge in [-0.05, 0) is 18.8 Å². The first-order valence-corrected chi connectivity index (χ1v) is 4.20. The minimum Gasteiger partial charge on any atom is -0.481 e. The quantitative estimate of drug-likeness (QED) is 0.573. The first-order chi connectivity index (χ1) is 5.70. The molecule has 1 amide bonds. The molecule has 0 aromatic heterocycles. The van der Waals surface area contributed by atoms with Crippen molar-refractivity contribution in [3.63, 3.8) is 0 Å². The van der Waals surface area contributed by atoms with Crippen molar-refractivity contribution in [2.24, 2.45) is 17.8 Å². The number of nitrogens with one attached hydrogen (secondary N) is 1. The lowest BCUT2D eigenvalue weighted by atomic mass is 9.61. The van der Waals surface area contributed by atoms with Crippen molar-refractivity contribution in [3.8, 4) is 0 Å². The van der Waals surface area contributed by atoms with Gasteiger partial charge in [0.2, 0.25) is 5.91 Å². The first-order valence-electron chi connectivity index (χ1n) is 4.20. The fraction of sp³-hybridized carbons (Fsp3) is 0.750. The monoisotopic (exact) mass is 169 g/mol. The third-order valence-corrected chi connectivity index (χ3v) is 2.97. The number of amides is 1. The van der Waals surface area contributed by atoms with E-state index in [2.05, 4.69) is 5.32 Å². The van der Waals surface area contributed by atoms with Gasteiger partial charge in [0.25, 0.3) is 0 Å². The highest BCUT2D eigenvalue weighted by Crippen LogP contribution is 2.44. The molecule has 2 rings (SSSR count). The maximum atomic E-state index is 11.1. The number of hydrogen-bond donors (Lipinski definition) is 2. The lowest BCUT2D eigenvalue weighted by Gasteiger charge is -2.44. The summed E-state index contributed by atoms with van der Waals surface area (Å²) in [4.78, 5) is 21.7. The molecule has 0 spiro atoms. The molecule has 4 nitrogen and oxygen atoms in total. The normalized spacial score (nSPS) is 39.3. The van der Waals surface area contributed by atoms with Crippen molar-refractivity contribution in [1.82, 2.24) is 5.32 Å². The smallest absolute Gasteiger partial charge is 0.306 e. The fourth-order valence-electron chi connectivity index (χ4n) is 2.19. The second-order valence-electron chi connectivity index (χ2n) is 3.53. The van der Waals surface area contributed by atoms with Crippen molar-refractivity contribution >= 4 is 11.9 Å². The second-order valence-corrected chi connectivity index (χ2v) is 3.53. The molecule has 1 aliphatic heterocycles. The van der Waals surface area contributed by atoms with E-state index in [1.807, 2.05) is 0 Å². The highest BCUT2D eigenvalue weighted by atomic mass is 16.4. The zero-order chi connectivity index (χ0) is 8.72. The Kier molecular flexibility index (Phi) is 1.56. The van der Waals surface area contributed by atoms with Crippen LogP contribution in [0.1, 0.15) is 12.8 Å². The molecule has 2 aliphatic rings. The molecule has 3 unspecified atom stereocenters. The highest BCUT2D eigenvalue weighted by Gasteiger charge is 2.50. The molecule has 1 heterocycles. The Hall–Kier alpha value is -1.06. The topological polar surface area (TPSA) is 66.4 Å². The van der Waals surface area contributed by atoms with Crippen LogP contribution in [0.25, 0.3) is 0 Å². The molecule has 12 heavy (non-hydrogen) atoms. The van der Waals surface area contributed by atoms with Gasteiger partial charge in [-0.1, -0.05) is 0 Å². The van der Waals surface area contributed by atoms with Gasteiger partial charge >= 0.3 is 5.97 Å². The average Bonchev–Trinajstić information content (AvgIpc) is 1.92. The van der Waals surface area contributed by atoms with Gasteiger partial charge in [-0.25, -0.2) is 0 Å². The van der Waals surface area contributed by atoms with Crippen LogP contribution in [-0.2, 0) is 9.59 Å². The van der Waals surface area contributed by atoms with Gasteiger partial charge in [0, 0.05) is 12.5 Å². The fourth-order valence-corrected chi connectivity index (χ4v) is 2.19. The molecule has 0 radical (unpaired) electrons. The second kappa shape index (κ2) is 2.47. The third kappa shape index (κ3) is 0.906. The maximum absolute atomic E-state index is 11.1. The average molecular weight is 169 g/mol. The van der Waals surface area contributed by atoms with Gasteiger partial charge in [-0.3, -0.25) is 9.59 Å². The molecular formula is C8H11NO3. The molecule has 2 fully saturated rings. The Bertz CT molecular complexity index is 234. The molecule has 0 aromatic carbocycles. The van der Waals surface area contributed by atoms with Crippen molar-refractivity contribution < 1.29 is 14.7 Å². The Balaban J connectivity index is 2.05. The molecule has 4 heteroatoms. The van der Waals surface area contributed by atoms with Crippen molar-refractivity contribution in [3.05, 3.63) is 0 Å². The van der Waals surface area contributed by atoms with E-state index >= 15 is 0 Å². The summed E-state index contributed by atoms with van der Waals surface area (Å²) < 4.78 is 0. The van der Waals surface area contributed by atoms with Crippen LogP contribution in [0.15, 0.2) is 0 Å². The molecular weight excluding hydrogens is 158 g/mol.